The van der Waals surface area contributed by atoms with Crippen molar-refractivity contribution in [3.05, 3.63) is 59.4 Å². The number of likely N-dealkylation sites (tertiary alicyclic amines) is 1. The summed E-state index contributed by atoms with van der Waals surface area (Å²) in [6.07, 6.45) is 0.813. The van der Waals surface area contributed by atoms with Gasteiger partial charge in [0.25, 0.3) is 0 Å². The van der Waals surface area contributed by atoms with Gasteiger partial charge in [0.1, 0.15) is 17.7 Å². The third-order valence-corrected chi connectivity index (χ3v) is 4.86. The molecule has 0 radical (unpaired) electrons. The molecule has 3 rings (SSSR count). The Morgan fingerprint density at radius 3 is 2.60 bits per heavy atom. The first-order valence-corrected chi connectivity index (χ1v) is 7.98. The van der Waals surface area contributed by atoms with Crippen LogP contribution >= 0.6 is 0 Å². The standard InChI is InChI=1S/C20H18FN3O/c1-20(10-18(23)24(2)19(25)11-20)16-5-3-4-13(9-16)14-6-7-17(21)15(8-14)12-22/h3-9,23H,10-11H2,1-2H3/t20-/m0/s1. The van der Waals surface area contributed by atoms with Crippen LogP contribution < -0.4 is 0 Å². The molecule has 126 valence electrons. The molecular formula is C20H18FN3O. The molecule has 4 nitrogen and oxygen atoms in total. The van der Waals surface area contributed by atoms with Gasteiger partial charge in [-0.05, 0) is 28.8 Å². The van der Waals surface area contributed by atoms with Gasteiger partial charge in [-0.25, -0.2) is 4.39 Å². The Balaban J connectivity index is 2.01. The van der Waals surface area contributed by atoms with Crippen molar-refractivity contribution in [1.82, 2.24) is 4.90 Å². The van der Waals surface area contributed by atoms with Crippen molar-refractivity contribution in [1.29, 1.82) is 10.7 Å². The lowest BCUT2D eigenvalue weighted by molar-refractivity contribution is -0.128. The van der Waals surface area contributed by atoms with Crippen molar-refractivity contribution in [2.24, 2.45) is 0 Å². The maximum atomic E-state index is 13.6. The molecule has 1 heterocycles. The second-order valence-corrected chi connectivity index (χ2v) is 6.70. The highest BCUT2D eigenvalue weighted by Gasteiger charge is 2.38. The number of nitrogens with zero attached hydrogens (tertiary/aromatic N) is 2. The van der Waals surface area contributed by atoms with E-state index in [1.54, 1.807) is 13.1 Å². The van der Waals surface area contributed by atoms with Gasteiger partial charge in [-0.2, -0.15) is 5.26 Å². The Morgan fingerprint density at radius 1 is 1.20 bits per heavy atom. The predicted octanol–water partition coefficient (Wildman–Crippen LogP) is 3.85. The lowest BCUT2D eigenvalue weighted by Crippen LogP contribution is -2.46. The molecule has 1 saturated heterocycles. The molecule has 0 spiro atoms. The van der Waals surface area contributed by atoms with Crippen LogP contribution in [0.3, 0.4) is 0 Å². The van der Waals surface area contributed by atoms with E-state index in [9.17, 15) is 9.18 Å². The molecule has 2 aromatic carbocycles. The van der Waals surface area contributed by atoms with E-state index >= 15 is 0 Å². The van der Waals surface area contributed by atoms with E-state index in [2.05, 4.69) is 0 Å². The van der Waals surface area contributed by atoms with Gasteiger partial charge in [0.2, 0.25) is 5.91 Å². The quantitative estimate of drug-likeness (QED) is 0.905. The number of benzene rings is 2. The van der Waals surface area contributed by atoms with Gasteiger partial charge in [-0.3, -0.25) is 10.2 Å². The summed E-state index contributed by atoms with van der Waals surface area (Å²) >= 11 is 0. The van der Waals surface area contributed by atoms with Crippen LogP contribution in [0.15, 0.2) is 42.5 Å². The maximum absolute atomic E-state index is 13.6. The van der Waals surface area contributed by atoms with Crippen molar-refractivity contribution >= 4 is 11.7 Å². The van der Waals surface area contributed by atoms with Crippen molar-refractivity contribution < 1.29 is 9.18 Å². The Morgan fingerprint density at radius 2 is 1.92 bits per heavy atom. The molecule has 1 N–H and O–H groups in total. The van der Waals surface area contributed by atoms with Crippen molar-refractivity contribution in [3.63, 3.8) is 0 Å². The third-order valence-electron chi connectivity index (χ3n) is 4.86. The number of rotatable bonds is 2. The summed E-state index contributed by atoms with van der Waals surface area (Å²) in [5.41, 5.74) is 2.12. The van der Waals surface area contributed by atoms with Crippen LogP contribution in [0.5, 0.6) is 0 Å². The zero-order valence-electron chi connectivity index (χ0n) is 14.1. The van der Waals surface area contributed by atoms with Gasteiger partial charge < -0.3 is 4.90 Å². The highest BCUT2D eigenvalue weighted by molar-refractivity contribution is 6.00. The monoisotopic (exact) mass is 335 g/mol. The fraction of sp³-hybridized carbons (Fsp3) is 0.250. The molecule has 25 heavy (non-hydrogen) atoms. The molecule has 5 heteroatoms. The van der Waals surface area contributed by atoms with E-state index in [4.69, 9.17) is 10.7 Å². The molecule has 1 aliphatic heterocycles. The second kappa shape index (κ2) is 6.14. The number of hydrogen-bond acceptors (Lipinski definition) is 3. The SMILES string of the molecule is CN1C(=N)C[C@](C)(c2cccc(-c3ccc(F)c(C#N)c3)c2)CC1=O. The largest absolute Gasteiger partial charge is 0.304 e. The van der Waals surface area contributed by atoms with E-state index in [0.717, 1.165) is 16.7 Å². The molecule has 1 fully saturated rings. The summed E-state index contributed by atoms with van der Waals surface area (Å²) in [4.78, 5) is 13.6. The molecule has 1 amide bonds. The van der Waals surface area contributed by atoms with E-state index in [1.165, 1.54) is 17.0 Å². The molecule has 0 bridgehead atoms. The lowest BCUT2D eigenvalue weighted by Gasteiger charge is -2.38. The Hall–Kier alpha value is -3.00. The zero-order valence-corrected chi connectivity index (χ0v) is 14.1. The van der Waals surface area contributed by atoms with Crippen LogP contribution in [0.4, 0.5) is 4.39 Å². The number of halogens is 1. The number of piperidine rings is 1. The molecule has 0 saturated carbocycles. The smallest absolute Gasteiger partial charge is 0.228 e. The fourth-order valence-corrected chi connectivity index (χ4v) is 3.22. The first-order chi connectivity index (χ1) is 11.8. The Labute approximate surface area is 146 Å². The lowest BCUT2D eigenvalue weighted by atomic mass is 9.73. The number of carbonyl (C=O) groups excluding carboxylic acids is 1. The Bertz CT molecular complexity index is 895. The number of amidine groups is 1. The minimum atomic E-state index is -0.538. The fourth-order valence-electron chi connectivity index (χ4n) is 3.22. The summed E-state index contributed by atoms with van der Waals surface area (Å²) in [6, 6.07) is 14.0. The maximum Gasteiger partial charge on any atom is 0.228 e. The van der Waals surface area contributed by atoms with Gasteiger partial charge in [-0.15, -0.1) is 0 Å². The van der Waals surface area contributed by atoms with Gasteiger partial charge in [0, 0.05) is 25.3 Å². The molecular weight excluding hydrogens is 317 g/mol. The van der Waals surface area contributed by atoms with Crippen LogP contribution in [0, 0.1) is 22.6 Å². The van der Waals surface area contributed by atoms with Crippen LogP contribution in [0.2, 0.25) is 0 Å². The van der Waals surface area contributed by atoms with Crippen molar-refractivity contribution in [3.8, 4) is 17.2 Å². The summed E-state index contributed by atoms with van der Waals surface area (Å²) in [5.74, 6) is -0.306. The molecule has 1 aliphatic rings. The second-order valence-electron chi connectivity index (χ2n) is 6.70. The van der Waals surface area contributed by atoms with Crippen LogP contribution in [0.1, 0.15) is 30.9 Å². The summed E-state index contributed by atoms with van der Waals surface area (Å²) < 4.78 is 13.6. The zero-order chi connectivity index (χ0) is 18.2. The van der Waals surface area contributed by atoms with E-state index < -0.39 is 11.2 Å². The van der Waals surface area contributed by atoms with Crippen LogP contribution in [-0.2, 0) is 10.2 Å². The first kappa shape index (κ1) is 16.8. The molecule has 0 aliphatic carbocycles. The molecule has 2 aromatic rings. The normalized spacial score (nSPS) is 20.5. The average molecular weight is 335 g/mol. The van der Waals surface area contributed by atoms with E-state index in [1.807, 2.05) is 37.3 Å². The number of hydrogen-bond donors (Lipinski definition) is 1. The number of amides is 1. The molecule has 0 unspecified atom stereocenters. The van der Waals surface area contributed by atoms with E-state index in [-0.39, 0.29) is 11.5 Å². The molecule has 0 aromatic heterocycles. The number of nitrogens with one attached hydrogen (secondary N) is 1. The van der Waals surface area contributed by atoms with Crippen LogP contribution in [-0.4, -0.2) is 23.7 Å². The van der Waals surface area contributed by atoms with Crippen molar-refractivity contribution in [2.45, 2.75) is 25.2 Å². The third kappa shape index (κ3) is 3.03. The predicted molar refractivity (Wildman–Crippen MR) is 93.6 cm³/mol. The van der Waals surface area contributed by atoms with Gasteiger partial charge in [0.05, 0.1) is 5.56 Å². The number of nitriles is 1. The molecule has 1 atom stereocenters. The average Bonchev–Trinajstić information content (AvgIpc) is 2.60. The summed E-state index contributed by atoms with van der Waals surface area (Å²) in [7, 11) is 1.63. The summed E-state index contributed by atoms with van der Waals surface area (Å²) in [5, 5.41) is 17.1. The topological polar surface area (TPSA) is 68.0 Å². The van der Waals surface area contributed by atoms with Gasteiger partial charge in [-0.1, -0.05) is 37.3 Å². The summed E-state index contributed by atoms with van der Waals surface area (Å²) in [6.45, 7) is 1.98. The highest BCUT2D eigenvalue weighted by Crippen LogP contribution is 2.37. The Kier molecular flexibility index (Phi) is 4.13. The van der Waals surface area contributed by atoms with Gasteiger partial charge in [0.15, 0.2) is 0 Å². The first-order valence-electron chi connectivity index (χ1n) is 7.98. The minimum absolute atomic E-state index is 0.00496. The van der Waals surface area contributed by atoms with Crippen LogP contribution in [0.25, 0.3) is 11.1 Å². The van der Waals surface area contributed by atoms with Crippen molar-refractivity contribution in [2.75, 3.05) is 7.05 Å². The minimum Gasteiger partial charge on any atom is -0.304 e. The number of carbonyl (C=O) groups is 1. The van der Waals surface area contributed by atoms with Gasteiger partial charge >= 0.3 is 0 Å². The highest BCUT2D eigenvalue weighted by atomic mass is 19.1. The van der Waals surface area contributed by atoms with E-state index in [0.29, 0.717) is 18.7 Å².